The molecule has 0 heterocycles. The Labute approximate surface area is 144 Å². The molecular weight excluding hydrogens is 304 g/mol. The Morgan fingerprint density at radius 3 is 2.38 bits per heavy atom. The molecule has 0 aliphatic heterocycles. The molecule has 24 heavy (non-hydrogen) atoms. The fourth-order valence-electron chi connectivity index (χ4n) is 2.30. The van der Waals surface area contributed by atoms with Gasteiger partial charge in [-0.3, -0.25) is 9.59 Å². The molecule has 0 aliphatic carbocycles. The van der Waals surface area contributed by atoms with Gasteiger partial charge in [-0.15, -0.1) is 0 Å². The number of hydrogen-bond acceptors (Lipinski definition) is 4. The molecule has 1 aromatic carbocycles. The van der Waals surface area contributed by atoms with Gasteiger partial charge in [-0.05, 0) is 17.4 Å². The minimum Gasteiger partial charge on any atom is -0.469 e. The van der Waals surface area contributed by atoms with Crippen LogP contribution in [-0.4, -0.2) is 25.0 Å². The van der Waals surface area contributed by atoms with Crippen molar-refractivity contribution >= 4 is 11.9 Å². The number of esters is 1. The summed E-state index contributed by atoms with van der Waals surface area (Å²) in [6.07, 6.45) is 3.89. The second-order valence-electron chi connectivity index (χ2n) is 6.23. The number of amides is 1. The van der Waals surface area contributed by atoms with E-state index in [1.54, 1.807) is 6.08 Å². The summed E-state index contributed by atoms with van der Waals surface area (Å²) >= 11 is 0. The summed E-state index contributed by atoms with van der Waals surface area (Å²) in [5.41, 5.74) is 6.95. The molecular formula is C19H28N2O3. The van der Waals surface area contributed by atoms with E-state index >= 15 is 0 Å². The summed E-state index contributed by atoms with van der Waals surface area (Å²) in [5, 5.41) is 3.03. The van der Waals surface area contributed by atoms with Gasteiger partial charge in [0, 0.05) is 0 Å². The molecule has 0 saturated heterocycles. The summed E-state index contributed by atoms with van der Waals surface area (Å²) in [6.45, 7) is 5.83. The van der Waals surface area contributed by atoms with Gasteiger partial charge in [-0.25, -0.2) is 0 Å². The zero-order valence-corrected chi connectivity index (χ0v) is 14.9. The van der Waals surface area contributed by atoms with E-state index in [1.807, 2.05) is 57.2 Å². The van der Waals surface area contributed by atoms with Crippen LogP contribution in [0.2, 0.25) is 0 Å². The number of hydrogen-bond donors (Lipinski definition) is 2. The van der Waals surface area contributed by atoms with Gasteiger partial charge in [0.2, 0.25) is 5.91 Å². The molecule has 1 aromatic rings. The second kappa shape index (κ2) is 9.88. The Bertz CT molecular complexity index is 555. The quantitative estimate of drug-likeness (QED) is 0.566. The first-order valence-electron chi connectivity index (χ1n) is 8.21. The minimum absolute atomic E-state index is 0.000341. The molecule has 5 heteroatoms. The van der Waals surface area contributed by atoms with Crippen LogP contribution in [0.3, 0.4) is 0 Å². The van der Waals surface area contributed by atoms with E-state index in [0.29, 0.717) is 0 Å². The lowest BCUT2D eigenvalue weighted by Gasteiger charge is -2.26. The van der Waals surface area contributed by atoms with Crippen molar-refractivity contribution in [1.82, 2.24) is 5.32 Å². The number of carbonyl (C=O) groups excluding carboxylic acids is 2. The Hall–Kier alpha value is -2.14. The molecule has 0 fully saturated rings. The van der Waals surface area contributed by atoms with Crippen LogP contribution in [0.4, 0.5) is 0 Å². The Morgan fingerprint density at radius 1 is 1.21 bits per heavy atom. The number of nitrogens with two attached hydrogens (primary N) is 1. The maximum Gasteiger partial charge on any atom is 0.309 e. The van der Waals surface area contributed by atoms with E-state index in [-0.39, 0.29) is 36.2 Å². The van der Waals surface area contributed by atoms with Crippen molar-refractivity contribution in [2.24, 2.45) is 17.6 Å². The molecule has 132 valence electrons. The second-order valence-corrected chi connectivity index (χ2v) is 6.23. The fraction of sp³-hybridized carbons (Fsp3) is 0.474. The smallest absolute Gasteiger partial charge is 0.309 e. The predicted octanol–water partition coefficient (Wildman–Crippen LogP) is 2.58. The molecule has 0 saturated carbocycles. The third-order valence-corrected chi connectivity index (χ3v) is 3.96. The Morgan fingerprint density at radius 2 is 1.83 bits per heavy atom. The maximum absolute atomic E-state index is 12.4. The summed E-state index contributed by atoms with van der Waals surface area (Å²) in [7, 11) is 1.36. The molecule has 3 atom stereocenters. The zero-order valence-electron chi connectivity index (χ0n) is 14.9. The highest BCUT2D eigenvalue weighted by Gasteiger charge is 2.24. The van der Waals surface area contributed by atoms with Crippen molar-refractivity contribution in [2.75, 3.05) is 7.11 Å². The highest BCUT2D eigenvalue weighted by molar-refractivity contribution is 5.82. The lowest BCUT2D eigenvalue weighted by molar-refractivity contribution is -0.139. The number of methoxy groups -OCH3 is 1. The normalized spacial score (nSPS) is 15.1. The Kier molecular flexibility index (Phi) is 8.19. The zero-order chi connectivity index (χ0) is 18.1. The SMILES string of the molecule is COC(=O)C/C=C/[C@@H](C)[C@H](NC(=O)[C@@H](N)C(C)C)c1ccccc1. The van der Waals surface area contributed by atoms with E-state index < -0.39 is 6.04 Å². The highest BCUT2D eigenvalue weighted by atomic mass is 16.5. The topological polar surface area (TPSA) is 81.4 Å². The predicted molar refractivity (Wildman–Crippen MR) is 95.1 cm³/mol. The minimum atomic E-state index is -0.553. The van der Waals surface area contributed by atoms with Crippen molar-refractivity contribution in [3.8, 4) is 0 Å². The van der Waals surface area contributed by atoms with Crippen LogP contribution in [0.1, 0.15) is 38.8 Å². The van der Waals surface area contributed by atoms with Crippen LogP contribution in [-0.2, 0) is 14.3 Å². The highest BCUT2D eigenvalue weighted by Crippen LogP contribution is 2.23. The first kappa shape index (κ1) is 19.9. The molecule has 5 nitrogen and oxygen atoms in total. The summed E-state index contributed by atoms with van der Waals surface area (Å²) in [5.74, 6) is -0.403. The summed E-state index contributed by atoms with van der Waals surface area (Å²) < 4.78 is 4.62. The first-order chi connectivity index (χ1) is 11.4. The van der Waals surface area contributed by atoms with Crippen molar-refractivity contribution in [2.45, 2.75) is 39.3 Å². The number of ether oxygens (including phenoxy) is 1. The van der Waals surface area contributed by atoms with Crippen molar-refractivity contribution in [1.29, 1.82) is 0 Å². The third-order valence-electron chi connectivity index (χ3n) is 3.96. The van der Waals surface area contributed by atoms with Crippen LogP contribution in [0.5, 0.6) is 0 Å². The van der Waals surface area contributed by atoms with Gasteiger partial charge >= 0.3 is 5.97 Å². The molecule has 1 amide bonds. The molecule has 1 rings (SSSR count). The molecule has 0 aliphatic rings. The fourth-order valence-corrected chi connectivity index (χ4v) is 2.30. The van der Waals surface area contributed by atoms with E-state index in [2.05, 4.69) is 10.1 Å². The molecule has 0 spiro atoms. The first-order valence-corrected chi connectivity index (χ1v) is 8.21. The van der Waals surface area contributed by atoms with Crippen LogP contribution < -0.4 is 11.1 Å². The average molecular weight is 332 g/mol. The van der Waals surface area contributed by atoms with Gasteiger partial charge in [0.1, 0.15) is 0 Å². The van der Waals surface area contributed by atoms with E-state index in [4.69, 9.17) is 5.73 Å². The van der Waals surface area contributed by atoms with Crippen molar-refractivity contribution in [3.05, 3.63) is 48.0 Å². The lowest BCUT2D eigenvalue weighted by atomic mass is 9.93. The monoisotopic (exact) mass is 332 g/mol. The lowest BCUT2D eigenvalue weighted by Crippen LogP contribution is -2.46. The maximum atomic E-state index is 12.4. The molecule has 0 aromatic heterocycles. The van der Waals surface area contributed by atoms with Gasteiger partial charge in [0.25, 0.3) is 0 Å². The number of rotatable bonds is 8. The average Bonchev–Trinajstić information content (AvgIpc) is 2.58. The number of carbonyl (C=O) groups is 2. The number of nitrogens with one attached hydrogen (secondary N) is 1. The van der Waals surface area contributed by atoms with E-state index in [9.17, 15) is 9.59 Å². The van der Waals surface area contributed by atoms with Gasteiger partial charge in [-0.1, -0.05) is 63.3 Å². The van der Waals surface area contributed by atoms with Crippen LogP contribution in [0.15, 0.2) is 42.5 Å². The Balaban J connectivity index is 2.90. The third kappa shape index (κ3) is 6.16. The van der Waals surface area contributed by atoms with Crippen LogP contribution >= 0.6 is 0 Å². The molecule has 0 unspecified atom stereocenters. The van der Waals surface area contributed by atoms with Gasteiger partial charge in [0.05, 0.1) is 25.6 Å². The van der Waals surface area contributed by atoms with Gasteiger partial charge < -0.3 is 15.8 Å². The van der Waals surface area contributed by atoms with Crippen LogP contribution in [0, 0.1) is 11.8 Å². The van der Waals surface area contributed by atoms with E-state index in [1.165, 1.54) is 7.11 Å². The van der Waals surface area contributed by atoms with Gasteiger partial charge in [0.15, 0.2) is 0 Å². The molecule has 3 N–H and O–H groups in total. The number of benzene rings is 1. The van der Waals surface area contributed by atoms with E-state index in [0.717, 1.165) is 5.56 Å². The summed E-state index contributed by atoms with van der Waals surface area (Å²) in [6, 6.07) is 8.97. The van der Waals surface area contributed by atoms with Crippen LogP contribution in [0.25, 0.3) is 0 Å². The molecule has 0 bridgehead atoms. The van der Waals surface area contributed by atoms with Gasteiger partial charge in [-0.2, -0.15) is 0 Å². The standard InChI is InChI=1S/C19H28N2O3/c1-13(2)17(20)19(23)21-18(15-10-6-5-7-11-15)14(3)9-8-12-16(22)24-4/h5-11,13-14,17-18H,12,20H2,1-4H3,(H,21,23)/b9-8+/t14-,17+,18+/m1/s1. The largest absolute Gasteiger partial charge is 0.469 e. The van der Waals surface area contributed by atoms with Crippen molar-refractivity contribution < 1.29 is 14.3 Å². The summed E-state index contributed by atoms with van der Waals surface area (Å²) in [4.78, 5) is 23.6. The molecule has 0 radical (unpaired) electrons. The van der Waals surface area contributed by atoms with Crippen molar-refractivity contribution in [3.63, 3.8) is 0 Å².